The minimum Gasteiger partial charge on any atom is -0.332 e. The Bertz CT molecular complexity index is 515. The molecule has 0 aromatic carbocycles. The van der Waals surface area contributed by atoms with Gasteiger partial charge in [0.1, 0.15) is 5.82 Å². The number of nitrogens with one attached hydrogen (secondary N) is 1. The van der Waals surface area contributed by atoms with Gasteiger partial charge in [0, 0.05) is 24.9 Å². The third-order valence-corrected chi connectivity index (χ3v) is 5.65. The number of aromatic nitrogens is 2. The number of rotatable bonds is 6. The Morgan fingerprint density at radius 1 is 1.58 bits per heavy atom. The Hall–Kier alpha value is -0.590. The van der Waals surface area contributed by atoms with Gasteiger partial charge in [0.25, 0.3) is 10.0 Å². The molecule has 0 spiro atoms. The van der Waals surface area contributed by atoms with Crippen LogP contribution in [0.2, 0.25) is 0 Å². The van der Waals surface area contributed by atoms with Crippen molar-refractivity contribution in [3.05, 3.63) is 12.0 Å². The van der Waals surface area contributed by atoms with Crippen molar-refractivity contribution in [1.82, 2.24) is 14.3 Å². The third kappa shape index (κ3) is 3.12. The molecule has 0 radical (unpaired) electrons. The maximum absolute atomic E-state index is 12.6. The second kappa shape index (κ2) is 6.24. The van der Waals surface area contributed by atoms with E-state index in [4.69, 9.17) is 11.6 Å². The molecule has 1 saturated heterocycles. The first-order valence-electron chi connectivity index (χ1n) is 6.71. The zero-order valence-electron chi connectivity index (χ0n) is 11.1. The summed E-state index contributed by atoms with van der Waals surface area (Å²) in [6.45, 7) is 2.53. The number of alkyl halides is 1. The molecule has 0 aliphatic carbocycles. The predicted octanol–water partition coefficient (Wildman–Crippen LogP) is 2.14. The van der Waals surface area contributed by atoms with Crippen molar-refractivity contribution >= 4 is 21.6 Å². The molecular weight excluding hydrogens is 286 g/mol. The normalized spacial score (nSPS) is 21.1. The molecule has 1 aliphatic rings. The van der Waals surface area contributed by atoms with Crippen LogP contribution in [0, 0.1) is 0 Å². The zero-order valence-corrected chi connectivity index (χ0v) is 12.7. The number of H-pyrrole nitrogens is 1. The SMILES string of the molecule is CCc1ncc(S(=O)(=O)N2CCCC2CCCCl)[nH]1. The highest BCUT2D eigenvalue weighted by Gasteiger charge is 2.35. The number of nitrogens with zero attached hydrogens (tertiary/aromatic N) is 2. The summed E-state index contributed by atoms with van der Waals surface area (Å²) in [6.07, 6.45) is 5.64. The van der Waals surface area contributed by atoms with E-state index in [2.05, 4.69) is 9.97 Å². The van der Waals surface area contributed by atoms with Crippen LogP contribution in [0.4, 0.5) is 0 Å². The van der Waals surface area contributed by atoms with Crippen molar-refractivity contribution in [3.8, 4) is 0 Å². The van der Waals surface area contributed by atoms with Crippen LogP contribution in [0.25, 0.3) is 0 Å². The van der Waals surface area contributed by atoms with Crippen LogP contribution in [0.15, 0.2) is 11.2 Å². The number of halogens is 1. The van der Waals surface area contributed by atoms with Gasteiger partial charge in [-0.1, -0.05) is 6.92 Å². The number of aryl methyl sites for hydroxylation is 1. The zero-order chi connectivity index (χ0) is 13.9. The lowest BCUT2D eigenvalue weighted by molar-refractivity contribution is 0.367. The van der Waals surface area contributed by atoms with Crippen molar-refractivity contribution in [3.63, 3.8) is 0 Å². The van der Waals surface area contributed by atoms with E-state index in [1.165, 1.54) is 6.20 Å². The first kappa shape index (κ1) is 14.8. The predicted molar refractivity (Wildman–Crippen MR) is 74.8 cm³/mol. The minimum absolute atomic E-state index is 0.0807. The molecule has 19 heavy (non-hydrogen) atoms. The van der Waals surface area contributed by atoms with Crippen LogP contribution < -0.4 is 0 Å². The molecule has 2 rings (SSSR count). The number of hydrogen-bond donors (Lipinski definition) is 1. The van der Waals surface area contributed by atoms with E-state index in [0.717, 1.165) is 25.7 Å². The maximum Gasteiger partial charge on any atom is 0.260 e. The first-order valence-corrected chi connectivity index (χ1v) is 8.68. The van der Waals surface area contributed by atoms with Gasteiger partial charge in [0.15, 0.2) is 5.03 Å². The first-order chi connectivity index (χ1) is 9.09. The van der Waals surface area contributed by atoms with Crippen LogP contribution in [0.3, 0.4) is 0 Å². The molecule has 1 aliphatic heterocycles. The van der Waals surface area contributed by atoms with Gasteiger partial charge in [-0.05, 0) is 25.7 Å². The van der Waals surface area contributed by atoms with Crippen molar-refractivity contribution in [2.75, 3.05) is 12.4 Å². The second-order valence-electron chi connectivity index (χ2n) is 4.79. The van der Waals surface area contributed by atoms with Crippen molar-refractivity contribution in [1.29, 1.82) is 0 Å². The molecule has 0 saturated carbocycles. The van der Waals surface area contributed by atoms with E-state index in [1.54, 1.807) is 4.31 Å². The molecule has 2 heterocycles. The van der Waals surface area contributed by atoms with Crippen molar-refractivity contribution in [2.45, 2.75) is 50.1 Å². The van der Waals surface area contributed by atoms with Gasteiger partial charge in [-0.2, -0.15) is 4.31 Å². The molecule has 7 heteroatoms. The van der Waals surface area contributed by atoms with Crippen LogP contribution in [-0.4, -0.2) is 41.2 Å². The smallest absolute Gasteiger partial charge is 0.260 e. The Morgan fingerprint density at radius 3 is 3.00 bits per heavy atom. The molecule has 1 unspecified atom stereocenters. The fourth-order valence-corrected chi connectivity index (χ4v) is 4.32. The van der Waals surface area contributed by atoms with E-state index in [9.17, 15) is 8.42 Å². The van der Waals surface area contributed by atoms with Crippen molar-refractivity contribution in [2.24, 2.45) is 0 Å². The summed E-state index contributed by atoms with van der Waals surface area (Å²) in [6, 6.07) is 0.0807. The van der Waals surface area contributed by atoms with Gasteiger partial charge >= 0.3 is 0 Å². The number of sulfonamides is 1. The minimum atomic E-state index is -3.44. The fourth-order valence-electron chi connectivity index (χ4n) is 2.51. The van der Waals surface area contributed by atoms with E-state index in [-0.39, 0.29) is 11.1 Å². The Labute approximate surface area is 119 Å². The lowest BCUT2D eigenvalue weighted by Gasteiger charge is -2.22. The second-order valence-corrected chi connectivity index (χ2v) is 7.03. The monoisotopic (exact) mass is 305 g/mol. The van der Waals surface area contributed by atoms with Gasteiger partial charge in [-0.3, -0.25) is 0 Å². The standard InChI is InChI=1S/C12H20ClN3O2S/c1-2-11-14-9-12(15-11)19(17,18)16-8-4-6-10(16)5-3-7-13/h9-10H,2-8H2,1H3,(H,14,15). The summed E-state index contributed by atoms with van der Waals surface area (Å²) in [7, 11) is -3.44. The summed E-state index contributed by atoms with van der Waals surface area (Å²) < 4.78 is 26.7. The molecule has 0 bridgehead atoms. The van der Waals surface area contributed by atoms with E-state index < -0.39 is 10.0 Å². The molecule has 1 atom stereocenters. The number of imidazole rings is 1. The molecule has 0 amide bonds. The molecule has 1 fully saturated rings. The lowest BCUT2D eigenvalue weighted by atomic mass is 10.1. The summed E-state index contributed by atoms with van der Waals surface area (Å²) in [5.74, 6) is 1.28. The topological polar surface area (TPSA) is 66.1 Å². The maximum atomic E-state index is 12.6. The molecule has 1 aromatic heterocycles. The van der Waals surface area contributed by atoms with Crippen LogP contribution in [0.5, 0.6) is 0 Å². The third-order valence-electron chi connectivity index (χ3n) is 3.52. The Kier molecular flexibility index (Phi) is 4.86. The van der Waals surface area contributed by atoms with E-state index in [1.807, 2.05) is 6.92 Å². The highest BCUT2D eigenvalue weighted by molar-refractivity contribution is 7.89. The average molecular weight is 306 g/mol. The van der Waals surface area contributed by atoms with Gasteiger partial charge < -0.3 is 4.98 Å². The fraction of sp³-hybridized carbons (Fsp3) is 0.750. The molecule has 5 nitrogen and oxygen atoms in total. The van der Waals surface area contributed by atoms with Crippen LogP contribution >= 0.6 is 11.6 Å². The lowest BCUT2D eigenvalue weighted by Crippen LogP contribution is -2.35. The summed E-state index contributed by atoms with van der Waals surface area (Å²) in [4.78, 5) is 6.97. The largest absolute Gasteiger partial charge is 0.332 e. The van der Waals surface area contributed by atoms with E-state index in [0.29, 0.717) is 24.7 Å². The van der Waals surface area contributed by atoms with Crippen molar-refractivity contribution < 1.29 is 8.42 Å². The number of aromatic amines is 1. The highest BCUT2D eigenvalue weighted by atomic mass is 35.5. The van der Waals surface area contributed by atoms with Gasteiger partial charge in [0.2, 0.25) is 0 Å². The Morgan fingerprint density at radius 2 is 2.37 bits per heavy atom. The van der Waals surface area contributed by atoms with Gasteiger partial charge in [0.05, 0.1) is 6.20 Å². The average Bonchev–Trinajstić information content (AvgIpc) is 3.05. The molecule has 1 aromatic rings. The summed E-state index contributed by atoms with van der Waals surface area (Å²) >= 11 is 5.70. The molecule has 108 valence electrons. The van der Waals surface area contributed by atoms with Crippen LogP contribution in [-0.2, 0) is 16.4 Å². The molecular formula is C12H20ClN3O2S. The summed E-state index contributed by atoms with van der Waals surface area (Å²) in [5, 5.41) is 0.210. The number of hydrogen-bond acceptors (Lipinski definition) is 3. The molecule has 1 N–H and O–H groups in total. The van der Waals surface area contributed by atoms with Gasteiger partial charge in [-0.25, -0.2) is 13.4 Å². The van der Waals surface area contributed by atoms with E-state index >= 15 is 0 Å². The highest BCUT2D eigenvalue weighted by Crippen LogP contribution is 2.28. The van der Waals surface area contributed by atoms with Gasteiger partial charge in [-0.15, -0.1) is 11.6 Å². The van der Waals surface area contributed by atoms with Crippen LogP contribution in [0.1, 0.15) is 38.4 Å². The quantitative estimate of drug-likeness (QED) is 0.819. The summed E-state index contributed by atoms with van der Waals surface area (Å²) in [5.41, 5.74) is 0. The Balaban J connectivity index is 2.18.